The molecule has 0 unspecified atom stereocenters. The Morgan fingerprint density at radius 2 is 2.07 bits per heavy atom. The maximum atomic E-state index is 13.3. The third kappa shape index (κ3) is 5.38. The number of carbonyl (C=O) groups excluding carboxylic acids is 2. The van der Waals surface area contributed by atoms with Gasteiger partial charge in [-0.3, -0.25) is 9.59 Å². The molecule has 1 heterocycles. The van der Waals surface area contributed by atoms with Crippen molar-refractivity contribution in [3.63, 3.8) is 0 Å². The van der Waals surface area contributed by atoms with Gasteiger partial charge in [-0.1, -0.05) is 23.9 Å². The van der Waals surface area contributed by atoms with E-state index in [4.69, 9.17) is 0 Å². The van der Waals surface area contributed by atoms with Crippen LogP contribution in [0.4, 0.5) is 4.39 Å². The summed E-state index contributed by atoms with van der Waals surface area (Å²) in [5.41, 5.74) is 1.93. The van der Waals surface area contributed by atoms with Gasteiger partial charge in [-0.2, -0.15) is 5.26 Å². The minimum absolute atomic E-state index is 0.101. The maximum absolute atomic E-state index is 13.3. The van der Waals surface area contributed by atoms with E-state index in [2.05, 4.69) is 4.98 Å². The summed E-state index contributed by atoms with van der Waals surface area (Å²) in [6, 6.07) is 9.69. The number of nitrogens with zero attached hydrogens (tertiary/aromatic N) is 3. The molecule has 0 bridgehead atoms. The van der Waals surface area contributed by atoms with Crippen molar-refractivity contribution < 1.29 is 14.0 Å². The SMILES string of the molecule is CCN(Cc1cccc(F)c1)C(=O)CSc1nc(C)c(C(C)=O)cc1C#N. The van der Waals surface area contributed by atoms with E-state index in [1.807, 2.05) is 13.0 Å². The van der Waals surface area contributed by atoms with Gasteiger partial charge in [0, 0.05) is 24.3 Å². The van der Waals surface area contributed by atoms with Crippen molar-refractivity contribution in [3.8, 4) is 6.07 Å². The molecule has 27 heavy (non-hydrogen) atoms. The lowest BCUT2D eigenvalue weighted by Crippen LogP contribution is -2.31. The summed E-state index contributed by atoms with van der Waals surface area (Å²) in [4.78, 5) is 30.1. The molecule has 1 aromatic heterocycles. The summed E-state index contributed by atoms with van der Waals surface area (Å²) in [5.74, 6) is -0.527. The van der Waals surface area contributed by atoms with E-state index in [1.165, 1.54) is 25.1 Å². The normalized spacial score (nSPS) is 10.3. The highest BCUT2D eigenvalue weighted by Gasteiger charge is 2.17. The van der Waals surface area contributed by atoms with E-state index < -0.39 is 0 Å². The minimum atomic E-state index is -0.339. The molecule has 0 saturated carbocycles. The lowest BCUT2D eigenvalue weighted by atomic mass is 10.1. The Morgan fingerprint density at radius 1 is 1.33 bits per heavy atom. The molecule has 2 rings (SSSR count). The number of Topliss-reactive ketones (excluding diaryl/α,β-unsaturated/α-hetero) is 1. The number of carbonyl (C=O) groups is 2. The first-order valence-electron chi connectivity index (χ1n) is 8.43. The van der Waals surface area contributed by atoms with Crippen molar-refractivity contribution in [1.82, 2.24) is 9.88 Å². The molecular formula is C20H20FN3O2S. The first-order valence-corrected chi connectivity index (χ1v) is 9.42. The molecule has 0 spiro atoms. The Hall–Kier alpha value is -2.72. The second kappa shape index (κ2) is 9.28. The summed E-state index contributed by atoms with van der Waals surface area (Å²) in [6.07, 6.45) is 0. The fourth-order valence-electron chi connectivity index (χ4n) is 2.58. The van der Waals surface area contributed by atoms with Crippen LogP contribution in [0.2, 0.25) is 0 Å². The van der Waals surface area contributed by atoms with Gasteiger partial charge in [0.25, 0.3) is 0 Å². The number of aromatic nitrogens is 1. The van der Waals surface area contributed by atoms with Crippen LogP contribution in [-0.2, 0) is 11.3 Å². The Morgan fingerprint density at radius 3 is 2.67 bits per heavy atom. The van der Waals surface area contributed by atoms with E-state index in [0.717, 1.165) is 11.8 Å². The van der Waals surface area contributed by atoms with Crippen molar-refractivity contribution in [3.05, 3.63) is 58.5 Å². The number of rotatable bonds is 7. The molecule has 0 fully saturated rings. The summed E-state index contributed by atoms with van der Waals surface area (Å²) in [5, 5.41) is 9.74. The number of hydrogen-bond donors (Lipinski definition) is 0. The van der Waals surface area contributed by atoms with Crippen LogP contribution in [0.5, 0.6) is 0 Å². The molecule has 0 saturated heterocycles. The van der Waals surface area contributed by atoms with Gasteiger partial charge in [0.15, 0.2) is 5.78 Å². The van der Waals surface area contributed by atoms with Gasteiger partial charge in [0.2, 0.25) is 5.91 Å². The minimum Gasteiger partial charge on any atom is -0.338 e. The molecule has 2 aromatic rings. The Labute approximate surface area is 162 Å². The fourth-order valence-corrected chi connectivity index (χ4v) is 3.49. The number of pyridine rings is 1. The van der Waals surface area contributed by atoms with Gasteiger partial charge in [-0.05, 0) is 44.5 Å². The smallest absolute Gasteiger partial charge is 0.233 e. The molecule has 7 heteroatoms. The van der Waals surface area contributed by atoms with Gasteiger partial charge in [-0.25, -0.2) is 9.37 Å². The highest BCUT2D eigenvalue weighted by atomic mass is 32.2. The van der Waals surface area contributed by atoms with E-state index in [-0.39, 0.29) is 28.8 Å². The van der Waals surface area contributed by atoms with Crippen LogP contribution in [0.15, 0.2) is 35.4 Å². The number of thioether (sulfide) groups is 1. The molecule has 1 aromatic carbocycles. The fraction of sp³-hybridized carbons (Fsp3) is 0.300. The van der Waals surface area contributed by atoms with Crippen LogP contribution < -0.4 is 0 Å². The average Bonchev–Trinajstić information content (AvgIpc) is 2.63. The quantitative estimate of drug-likeness (QED) is 0.536. The monoisotopic (exact) mass is 385 g/mol. The largest absolute Gasteiger partial charge is 0.338 e. The first-order chi connectivity index (χ1) is 12.8. The topological polar surface area (TPSA) is 74.1 Å². The van der Waals surface area contributed by atoms with Gasteiger partial charge in [-0.15, -0.1) is 0 Å². The van der Waals surface area contributed by atoms with Crippen molar-refractivity contribution >= 4 is 23.5 Å². The number of nitriles is 1. The predicted molar refractivity (Wildman–Crippen MR) is 102 cm³/mol. The second-order valence-electron chi connectivity index (χ2n) is 5.97. The highest BCUT2D eigenvalue weighted by Crippen LogP contribution is 2.23. The third-order valence-electron chi connectivity index (χ3n) is 4.01. The van der Waals surface area contributed by atoms with Gasteiger partial charge < -0.3 is 4.90 Å². The van der Waals surface area contributed by atoms with E-state index in [1.54, 1.807) is 24.0 Å². The van der Waals surface area contributed by atoms with E-state index in [9.17, 15) is 19.2 Å². The van der Waals surface area contributed by atoms with Crippen LogP contribution in [0.3, 0.4) is 0 Å². The van der Waals surface area contributed by atoms with E-state index in [0.29, 0.717) is 34.9 Å². The predicted octanol–water partition coefficient (Wildman–Crippen LogP) is 3.74. The van der Waals surface area contributed by atoms with Gasteiger partial charge in [0.1, 0.15) is 16.9 Å². The number of halogens is 1. The highest BCUT2D eigenvalue weighted by molar-refractivity contribution is 8.00. The second-order valence-corrected chi connectivity index (χ2v) is 6.93. The number of ketones is 1. The van der Waals surface area contributed by atoms with Crippen LogP contribution in [0, 0.1) is 24.1 Å². The van der Waals surface area contributed by atoms with Gasteiger partial charge >= 0.3 is 0 Å². The molecule has 0 N–H and O–H groups in total. The molecule has 0 aliphatic carbocycles. The molecule has 0 atom stereocenters. The van der Waals surface area contributed by atoms with Crippen LogP contribution in [-0.4, -0.2) is 33.9 Å². The molecule has 0 aliphatic rings. The zero-order chi connectivity index (χ0) is 20.0. The van der Waals surface area contributed by atoms with Crippen molar-refractivity contribution in [2.24, 2.45) is 0 Å². The molecule has 0 aliphatic heterocycles. The zero-order valence-corrected chi connectivity index (χ0v) is 16.3. The van der Waals surface area contributed by atoms with Crippen LogP contribution >= 0.6 is 11.8 Å². The molecule has 0 radical (unpaired) electrons. The average molecular weight is 385 g/mol. The summed E-state index contributed by atoms with van der Waals surface area (Å²) < 4.78 is 13.3. The number of aryl methyl sites for hydroxylation is 1. The van der Waals surface area contributed by atoms with Crippen molar-refractivity contribution in [1.29, 1.82) is 5.26 Å². The first kappa shape index (κ1) is 20.6. The summed E-state index contributed by atoms with van der Waals surface area (Å²) >= 11 is 1.16. The lowest BCUT2D eigenvalue weighted by molar-refractivity contribution is -0.128. The van der Waals surface area contributed by atoms with Gasteiger partial charge in [0.05, 0.1) is 11.3 Å². The Balaban J connectivity index is 2.10. The van der Waals surface area contributed by atoms with Crippen molar-refractivity contribution in [2.75, 3.05) is 12.3 Å². The van der Waals surface area contributed by atoms with Crippen LogP contribution in [0.1, 0.15) is 41.0 Å². The standard InChI is InChI=1S/C20H20FN3O2S/c1-4-24(11-15-6-5-7-17(21)8-15)19(26)12-27-20-16(10-22)9-18(14(3)25)13(2)23-20/h5-9H,4,11-12H2,1-3H3. The number of hydrogen-bond acceptors (Lipinski definition) is 5. The Bertz CT molecular complexity index is 909. The molecule has 140 valence electrons. The number of amides is 1. The maximum Gasteiger partial charge on any atom is 0.233 e. The summed E-state index contributed by atoms with van der Waals surface area (Å²) in [6.45, 7) is 5.77. The third-order valence-corrected chi connectivity index (χ3v) is 4.98. The zero-order valence-electron chi connectivity index (χ0n) is 15.5. The van der Waals surface area contributed by atoms with E-state index >= 15 is 0 Å². The summed E-state index contributed by atoms with van der Waals surface area (Å²) in [7, 11) is 0. The molecular weight excluding hydrogens is 365 g/mol. The van der Waals surface area contributed by atoms with Crippen LogP contribution in [0.25, 0.3) is 0 Å². The number of benzene rings is 1. The molecule has 1 amide bonds. The Kier molecular flexibility index (Phi) is 7.08. The molecule has 5 nitrogen and oxygen atoms in total. The van der Waals surface area contributed by atoms with Crippen molar-refractivity contribution in [2.45, 2.75) is 32.3 Å². The lowest BCUT2D eigenvalue weighted by Gasteiger charge is -2.21.